The van der Waals surface area contributed by atoms with Gasteiger partial charge in [0, 0.05) is 44.7 Å². The third-order valence-corrected chi connectivity index (χ3v) is 4.60. The fourth-order valence-electron chi connectivity index (χ4n) is 2.28. The second-order valence-electron chi connectivity index (χ2n) is 7.39. The van der Waals surface area contributed by atoms with Gasteiger partial charge in [-0.3, -0.25) is 9.59 Å². The van der Waals surface area contributed by atoms with Gasteiger partial charge in [-0.15, -0.1) is 0 Å². The van der Waals surface area contributed by atoms with Crippen LogP contribution < -0.4 is 5.32 Å². The second-order valence-corrected chi connectivity index (χ2v) is 7.39. The molecule has 0 radical (unpaired) electrons. The quantitative estimate of drug-likeness (QED) is 0.700. The number of hydrogen-bond acceptors (Lipinski definition) is 4. The predicted molar refractivity (Wildman–Crippen MR) is 110 cm³/mol. The Hall–Kier alpha value is -2.57. The Morgan fingerprint density at radius 3 is 2.11 bits per heavy atom. The number of ether oxygens (including phenoxy) is 1. The van der Waals surface area contributed by atoms with E-state index in [1.54, 1.807) is 31.1 Å². The molecule has 3 amide bonds. The second kappa shape index (κ2) is 11.3. The summed E-state index contributed by atoms with van der Waals surface area (Å²) in [4.78, 5) is 39.0. The number of hydrogen-bond donors (Lipinski definition) is 1. The van der Waals surface area contributed by atoms with Gasteiger partial charge >= 0.3 is 6.09 Å². The van der Waals surface area contributed by atoms with Gasteiger partial charge in [0.2, 0.25) is 11.8 Å². The minimum atomic E-state index is -0.443. The van der Waals surface area contributed by atoms with Crippen molar-refractivity contribution in [1.29, 1.82) is 0 Å². The van der Waals surface area contributed by atoms with E-state index >= 15 is 0 Å². The number of nitrogens with one attached hydrogen (secondary N) is 1. The third kappa shape index (κ3) is 7.58. The van der Waals surface area contributed by atoms with Crippen molar-refractivity contribution in [1.82, 2.24) is 9.80 Å². The van der Waals surface area contributed by atoms with E-state index in [2.05, 4.69) is 5.32 Å². The molecule has 1 aromatic rings. The molecule has 0 bridgehead atoms. The topological polar surface area (TPSA) is 79.0 Å². The standard InChI is InChI=1S/C21H33N3O4/c1-7-16(4)20(26)23(5)12-13-24(6)21(27)28-14-17-8-10-18(11-9-17)22-19(25)15(2)3/h8-11,15-16H,7,12-14H2,1-6H3,(H,22,25)/t16-/m1/s1. The molecule has 0 unspecified atom stereocenters. The maximum atomic E-state index is 12.1. The van der Waals surface area contributed by atoms with Crippen LogP contribution in [0.15, 0.2) is 24.3 Å². The highest BCUT2D eigenvalue weighted by Crippen LogP contribution is 2.12. The lowest BCUT2D eigenvalue weighted by molar-refractivity contribution is -0.133. The Morgan fingerprint density at radius 2 is 1.57 bits per heavy atom. The monoisotopic (exact) mass is 391 g/mol. The molecule has 0 heterocycles. The highest BCUT2D eigenvalue weighted by Gasteiger charge is 2.17. The van der Waals surface area contributed by atoms with E-state index in [0.717, 1.165) is 12.0 Å². The summed E-state index contributed by atoms with van der Waals surface area (Å²) in [7, 11) is 3.39. The molecule has 0 aliphatic heterocycles. The summed E-state index contributed by atoms with van der Waals surface area (Å²) in [6.45, 7) is 8.54. The average Bonchev–Trinajstić information content (AvgIpc) is 2.69. The number of amides is 3. The molecule has 28 heavy (non-hydrogen) atoms. The van der Waals surface area contributed by atoms with Crippen molar-refractivity contribution < 1.29 is 19.1 Å². The number of likely N-dealkylation sites (N-methyl/N-ethyl adjacent to an activating group) is 2. The van der Waals surface area contributed by atoms with Crippen LogP contribution in [-0.2, 0) is 20.9 Å². The first kappa shape index (κ1) is 23.5. The zero-order chi connectivity index (χ0) is 21.3. The summed E-state index contributed by atoms with van der Waals surface area (Å²) in [5.74, 6) is -0.0715. The van der Waals surface area contributed by atoms with Crippen LogP contribution in [0.2, 0.25) is 0 Å². The van der Waals surface area contributed by atoms with Gasteiger partial charge < -0.3 is 19.9 Å². The SMILES string of the molecule is CC[C@@H](C)C(=O)N(C)CCN(C)C(=O)OCc1ccc(NC(=O)C(C)C)cc1. The molecule has 1 N–H and O–H groups in total. The molecule has 0 aromatic heterocycles. The summed E-state index contributed by atoms with van der Waals surface area (Å²) in [6.07, 6.45) is 0.350. The van der Waals surface area contributed by atoms with Gasteiger partial charge in [0.25, 0.3) is 0 Å². The normalized spacial score (nSPS) is 11.7. The summed E-state index contributed by atoms with van der Waals surface area (Å²) >= 11 is 0. The van der Waals surface area contributed by atoms with E-state index in [4.69, 9.17) is 4.74 Å². The lowest BCUT2D eigenvalue weighted by atomic mass is 10.1. The first-order valence-corrected chi connectivity index (χ1v) is 9.68. The molecular formula is C21H33N3O4. The molecule has 0 aliphatic carbocycles. The molecular weight excluding hydrogens is 358 g/mol. The summed E-state index contributed by atoms with van der Waals surface area (Å²) in [6, 6.07) is 7.18. The number of carbonyl (C=O) groups is 3. The van der Waals surface area contributed by atoms with Gasteiger partial charge in [-0.2, -0.15) is 0 Å². The number of carbonyl (C=O) groups excluding carboxylic acids is 3. The Morgan fingerprint density at radius 1 is 1.00 bits per heavy atom. The molecule has 7 nitrogen and oxygen atoms in total. The maximum Gasteiger partial charge on any atom is 0.409 e. The molecule has 0 spiro atoms. The summed E-state index contributed by atoms with van der Waals surface area (Å²) in [5.41, 5.74) is 1.54. The largest absolute Gasteiger partial charge is 0.445 e. The lowest BCUT2D eigenvalue weighted by Crippen LogP contribution is -2.39. The third-order valence-electron chi connectivity index (χ3n) is 4.60. The van der Waals surface area contributed by atoms with E-state index in [1.165, 1.54) is 4.90 Å². The predicted octanol–water partition coefficient (Wildman–Crippen LogP) is 3.35. The number of anilines is 1. The minimum absolute atomic E-state index is 0.0180. The van der Waals surface area contributed by atoms with Gasteiger partial charge in [0.05, 0.1) is 0 Å². The van der Waals surface area contributed by atoms with Crippen molar-refractivity contribution in [3.8, 4) is 0 Å². The lowest BCUT2D eigenvalue weighted by Gasteiger charge is -2.24. The number of benzene rings is 1. The van der Waals surface area contributed by atoms with Gasteiger partial charge in [-0.25, -0.2) is 4.79 Å². The Bertz CT molecular complexity index is 658. The van der Waals surface area contributed by atoms with Crippen LogP contribution in [0.3, 0.4) is 0 Å². The summed E-state index contributed by atoms with van der Waals surface area (Å²) in [5, 5.41) is 2.81. The van der Waals surface area contributed by atoms with E-state index < -0.39 is 6.09 Å². The molecule has 0 saturated heterocycles. The highest BCUT2D eigenvalue weighted by molar-refractivity contribution is 5.92. The molecule has 0 aliphatic rings. The molecule has 0 saturated carbocycles. The van der Waals surface area contributed by atoms with Crippen molar-refractivity contribution in [3.63, 3.8) is 0 Å². The fourth-order valence-corrected chi connectivity index (χ4v) is 2.28. The molecule has 1 rings (SSSR count). The van der Waals surface area contributed by atoms with E-state index in [1.807, 2.05) is 39.8 Å². The number of nitrogens with zero attached hydrogens (tertiary/aromatic N) is 2. The molecule has 1 aromatic carbocycles. The van der Waals surface area contributed by atoms with Crippen LogP contribution in [-0.4, -0.2) is 54.9 Å². The Labute approximate surface area is 168 Å². The number of rotatable bonds is 9. The van der Waals surface area contributed by atoms with Gasteiger partial charge in [-0.05, 0) is 24.1 Å². The van der Waals surface area contributed by atoms with Crippen LogP contribution in [0.25, 0.3) is 0 Å². The first-order chi connectivity index (χ1) is 13.1. The van der Waals surface area contributed by atoms with Crippen LogP contribution in [0.1, 0.15) is 39.7 Å². The smallest absolute Gasteiger partial charge is 0.409 e. The zero-order valence-corrected chi connectivity index (χ0v) is 17.8. The van der Waals surface area contributed by atoms with Crippen molar-refractivity contribution in [2.24, 2.45) is 11.8 Å². The van der Waals surface area contributed by atoms with E-state index in [0.29, 0.717) is 18.8 Å². The summed E-state index contributed by atoms with van der Waals surface area (Å²) < 4.78 is 5.31. The first-order valence-electron chi connectivity index (χ1n) is 9.68. The van der Waals surface area contributed by atoms with Crippen LogP contribution in [0.5, 0.6) is 0 Å². The van der Waals surface area contributed by atoms with Crippen molar-refractivity contribution in [2.75, 3.05) is 32.5 Å². The minimum Gasteiger partial charge on any atom is -0.445 e. The fraction of sp³-hybridized carbons (Fsp3) is 0.571. The zero-order valence-electron chi connectivity index (χ0n) is 17.8. The van der Waals surface area contributed by atoms with Crippen LogP contribution in [0.4, 0.5) is 10.5 Å². The maximum absolute atomic E-state index is 12.1. The average molecular weight is 392 g/mol. The van der Waals surface area contributed by atoms with Gasteiger partial charge in [0.1, 0.15) is 6.61 Å². The Balaban J connectivity index is 2.42. The van der Waals surface area contributed by atoms with Crippen LogP contribution in [0, 0.1) is 11.8 Å². The van der Waals surface area contributed by atoms with E-state index in [-0.39, 0.29) is 30.3 Å². The van der Waals surface area contributed by atoms with Crippen molar-refractivity contribution in [2.45, 2.75) is 40.7 Å². The molecule has 7 heteroatoms. The van der Waals surface area contributed by atoms with Gasteiger partial charge in [-0.1, -0.05) is 39.8 Å². The molecule has 156 valence electrons. The highest BCUT2D eigenvalue weighted by atomic mass is 16.6. The van der Waals surface area contributed by atoms with Crippen molar-refractivity contribution >= 4 is 23.6 Å². The molecule has 1 atom stereocenters. The van der Waals surface area contributed by atoms with E-state index in [9.17, 15) is 14.4 Å². The van der Waals surface area contributed by atoms with Crippen LogP contribution >= 0.6 is 0 Å². The van der Waals surface area contributed by atoms with Crippen molar-refractivity contribution in [3.05, 3.63) is 29.8 Å². The van der Waals surface area contributed by atoms with Gasteiger partial charge in [0.15, 0.2) is 0 Å². The Kier molecular flexibility index (Phi) is 9.48. The molecule has 0 fully saturated rings.